The van der Waals surface area contributed by atoms with Crippen LogP contribution in [0.5, 0.6) is 11.5 Å². The molecule has 10 aliphatic rings. The van der Waals surface area contributed by atoms with Gasteiger partial charge in [0.1, 0.15) is 23.7 Å². The van der Waals surface area contributed by atoms with Crippen molar-refractivity contribution in [3.8, 4) is 34.8 Å². The van der Waals surface area contributed by atoms with E-state index in [1.807, 2.05) is 0 Å². The van der Waals surface area contributed by atoms with Gasteiger partial charge in [-0.1, -0.05) is 107 Å². The van der Waals surface area contributed by atoms with Crippen LogP contribution in [0.4, 0.5) is 12.0 Å². The van der Waals surface area contributed by atoms with E-state index in [9.17, 15) is 39.0 Å². The van der Waals surface area contributed by atoms with Crippen LogP contribution in [-0.2, 0) is 44.7 Å². The van der Waals surface area contributed by atoms with Gasteiger partial charge in [0.15, 0.2) is 17.3 Å². The van der Waals surface area contributed by atoms with E-state index in [1.54, 1.807) is 52.4 Å². The monoisotopic (exact) mass is 1490 g/mol. The second-order valence-corrected chi connectivity index (χ2v) is 39.2. The minimum atomic E-state index is -1.67. The quantitative estimate of drug-likeness (QED) is 0.0597. The summed E-state index contributed by atoms with van der Waals surface area (Å²) in [5.74, 6) is -0.107. The zero-order valence-electron chi connectivity index (χ0n) is 67.4. The smallest absolute Gasteiger partial charge is 0.316 e. The van der Waals surface area contributed by atoms with Gasteiger partial charge in [0.2, 0.25) is 5.82 Å². The molecular formula is C85H117N9O14. The number of hydrogen-bond donors (Lipinski definition) is 4. The maximum absolute atomic E-state index is 14.7. The number of hydrogen-bond acceptors (Lipinski definition) is 21. The highest BCUT2D eigenvalue weighted by Gasteiger charge is 2.73. The number of methoxy groups -OCH3 is 2. The maximum atomic E-state index is 14.7. The number of nitrogens with one attached hydrogen (secondary N) is 2. The Labute approximate surface area is 636 Å². The van der Waals surface area contributed by atoms with E-state index < -0.39 is 63.7 Å². The first-order chi connectivity index (χ1) is 50.5. The molecule has 0 amide bonds. The SMILES string of the molecule is COc1cnc(-c2nnc(N[C@@]34CC[C@]5(C)[C@H](CC[C@@H]6[C@@]7(C)CC[C@H](OC(=O)CC(C)(Cc8nc(-c9nnc(N[C@@]%10%11CC[C@]%12(C)[C@H](CC[C@@H]%13[C@@]%14(C)CC[C@H](OC(=O)CC(C)(C)C(=O)O)C(C)(C)[C@@H]%14CC[C@]%13%12C)C%10=C(C(C)C)C(=O)C%11)o9)ccc8OC)C(=O)O)C(C)(C)[C@@H]7CC[C@]65C)C3=C(C(C)C)C(=O)C4)o2)nc1. The van der Waals surface area contributed by atoms with Crippen molar-refractivity contribution in [1.82, 2.24) is 35.3 Å². The lowest BCUT2D eigenvalue weighted by atomic mass is 9.33. The van der Waals surface area contributed by atoms with Crippen molar-refractivity contribution >= 4 is 47.5 Å². The number of pyridine rings is 1. The molecule has 0 aromatic carbocycles. The van der Waals surface area contributed by atoms with Crippen LogP contribution in [-0.4, -0.2) is 119 Å². The third-order valence-electron chi connectivity index (χ3n) is 32.0. The van der Waals surface area contributed by atoms with Crippen molar-refractivity contribution in [2.45, 2.75) is 276 Å². The molecule has 586 valence electrons. The molecule has 8 saturated carbocycles. The molecule has 108 heavy (non-hydrogen) atoms. The zero-order valence-corrected chi connectivity index (χ0v) is 67.4. The number of aromatic nitrogens is 7. The van der Waals surface area contributed by atoms with Gasteiger partial charge in [-0.15, -0.1) is 10.2 Å². The molecule has 8 fully saturated rings. The predicted molar refractivity (Wildman–Crippen MR) is 403 cm³/mol. The summed E-state index contributed by atoms with van der Waals surface area (Å²) in [6.07, 6.45) is 16.1. The van der Waals surface area contributed by atoms with Gasteiger partial charge in [-0.2, -0.15) is 0 Å². The minimum Gasteiger partial charge on any atom is -0.495 e. The van der Waals surface area contributed by atoms with Crippen molar-refractivity contribution < 1.29 is 66.8 Å². The minimum absolute atomic E-state index is 0.0222. The lowest BCUT2D eigenvalue weighted by molar-refractivity contribution is -0.231. The standard InChI is InChI=1S/C85H117N9O14/c1-45(2)63-52(95)39-84(36-34-80(14)48(65(63)84)20-24-57-78(12)30-28-59(105-61(97)41-74(5,6)70(99)100)75(7,8)55(78)26-32-82(57,80)16)89-72-93-91-68(107-72)50-22-23-54(104-19)51(88-50)38-77(11,71(101)102)42-62(98)106-60-29-31-79(13)56(76(60,9)10)27-33-83(17)58(79)25-21-49-66-64(46(3)4)53(96)40-85(66,37-35-81(49,83)15)90-73-94-92-69(108-73)67-86-43-47(103-18)44-87-67/h22-23,43-46,48-49,55-60H,20-21,24-42H2,1-19H3,(H,89,93)(H,90,94)(H,99,100)(H,101,102)/t48-,49-,55+,56+,57-,58-,59+,60+,77?,78+,79+,80-,81-,82-,83-,84-,85-/m1/s1. The number of nitrogens with zero attached hydrogens (tertiary/aromatic N) is 7. The van der Waals surface area contributed by atoms with E-state index in [4.69, 9.17) is 32.8 Å². The van der Waals surface area contributed by atoms with E-state index in [0.717, 1.165) is 94.6 Å². The Morgan fingerprint density at radius 2 is 1.01 bits per heavy atom. The Kier molecular flexibility index (Phi) is 18.8. The number of ether oxygens (including phenoxy) is 4. The van der Waals surface area contributed by atoms with Crippen molar-refractivity contribution in [2.75, 3.05) is 24.9 Å². The summed E-state index contributed by atoms with van der Waals surface area (Å²) >= 11 is 0. The summed E-state index contributed by atoms with van der Waals surface area (Å²) in [5.41, 5.74) is -0.936. The molecule has 0 bridgehead atoms. The average Bonchev–Trinajstić information content (AvgIpc) is 1.29. The molecule has 0 spiro atoms. The van der Waals surface area contributed by atoms with Crippen LogP contribution in [0.2, 0.25) is 0 Å². The summed E-state index contributed by atoms with van der Waals surface area (Å²) in [6.45, 7) is 37.2. The Morgan fingerprint density at radius 3 is 1.45 bits per heavy atom. The second-order valence-electron chi connectivity index (χ2n) is 39.2. The molecule has 23 heteroatoms. The van der Waals surface area contributed by atoms with Gasteiger partial charge < -0.3 is 48.6 Å². The fourth-order valence-corrected chi connectivity index (χ4v) is 26.2. The zero-order chi connectivity index (χ0) is 78.0. The number of allylic oxidation sites excluding steroid dienone is 2. The normalized spacial score (nSPS) is 36.4. The number of esters is 2. The first kappa shape index (κ1) is 77.1. The van der Waals surface area contributed by atoms with Crippen molar-refractivity contribution in [3.63, 3.8) is 0 Å². The summed E-state index contributed by atoms with van der Waals surface area (Å²) in [6, 6.07) is 3.78. The fraction of sp³-hybridized carbons (Fsp3) is 0.729. The third-order valence-corrected chi connectivity index (χ3v) is 32.0. The Morgan fingerprint density at radius 1 is 0.546 bits per heavy atom. The average molecular weight is 1490 g/mol. The largest absolute Gasteiger partial charge is 0.495 e. The first-order valence-corrected chi connectivity index (χ1v) is 40.1. The molecule has 4 heterocycles. The third kappa shape index (κ3) is 11.7. The Balaban J connectivity index is 0.648. The van der Waals surface area contributed by atoms with E-state index >= 15 is 0 Å². The van der Waals surface area contributed by atoms with Gasteiger partial charge in [0.25, 0.3) is 11.8 Å². The van der Waals surface area contributed by atoms with Crippen LogP contribution in [0.1, 0.15) is 252 Å². The first-order valence-electron chi connectivity index (χ1n) is 40.1. The molecule has 0 saturated heterocycles. The summed E-state index contributed by atoms with van der Waals surface area (Å²) in [5, 5.41) is 46.2. The van der Waals surface area contributed by atoms with Crippen molar-refractivity contribution in [2.24, 2.45) is 101 Å². The summed E-state index contributed by atoms with van der Waals surface area (Å²) in [7, 11) is 3.05. The number of rotatable bonds is 20. The summed E-state index contributed by atoms with van der Waals surface area (Å²) in [4.78, 5) is 96.5. The molecule has 0 radical (unpaired) electrons. The second kappa shape index (κ2) is 26.3. The van der Waals surface area contributed by atoms with Crippen molar-refractivity contribution in [1.29, 1.82) is 0 Å². The molecule has 14 rings (SSSR count). The van der Waals surface area contributed by atoms with Gasteiger partial charge in [-0.3, -0.25) is 28.8 Å². The molecular weight excluding hydrogens is 1370 g/mol. The number of carboxylic acid groups (broad SMARTS) is 2. The van der Waals surface area contributed by atoms with Crippen molar-refractivity contribution in [3.05, 3.63) is 52.5 Å². The number of carbonyl (C=O) groups excluding carboxylic acids is 4. The highest BCUT2D eigenvalue weighted by Crippen LogP contribution is 2.78. The lowest BCUT2D eigenvalue weighted by Gasteiger charge is -2.72. The molecule has 4 N–H and O–H groups in total. The number of fused-ring (bicyclic) bond motifs is 14. The highest BCUT2D eigenvalue weighted by atomic mass is 16.6. The molecule has 0 aliphatic heterocycles. The van der Waals surface area contributed by atoms with E-state index in [1.165, 1.54) is 18.3 Å². The number of carboxylic acids is 2. The van der Waals surface area contributed by atoms with Gasteiger partial charge in [0.05, 0.1) is 67.1 Å². The van der Waals surface area contributed by atoms with Crippen LogP contribution in [0, 0.1) is 101 Å². The summed E-state index contributed by atoms with van der Waals surface area (Å²) < 4.78 is 36.7. The number of anilines is 2. The Hall–Kier alpha value is -7.59. The lowest BCUT2D eigenvalue weighted by Crippen LogP contribution is -2.66. The Bertz CT molecular complexity index is 4360. The van der Waals surface area contributed by atoms with Crippen LogP contribution in [0.3, 0.4) is 0 Å². The number of ketones is 2. The van der Waals surface area contributed by atoms with Gasteiger partial charge in [0, 0.05) is 30.1 Å². The highest BCUT2D eigenvalue weighted by molar-refractivity contribution is 6.03. The molecule has 23 nitrogen and oxygen atoms in total. The molecule has 17 atom stereocenters. The van der Waals surface area contributed by atoms with Crippen LogP contribution in [0.25, 0.3) is 23.3 Å². The van der Waals surface area contributed by atoms with E-state index in [0.29, 0.717) is 60.4 Å². The predicted octanol–water partition coefficient (Wildman–Crippen LogP) is 16.3. The number of aliphatic carboxylic acids is 2. The van der Waals surface area contributed by atoms with E-state index in [2.05, 4.69) is 138 Å². The fourth-order valence-electron chi connectivity index (χ4n) is 26.2. The molecule has 10 aliphatic carbocycles. The van der Waals surface area contributed by atoms with Crippen LogP contribution >= 0.6 is 0 Å². The molecule has 4 aromatic heterocycles. The maximum Gasteiger partial charge on any atom is 0.316 e. The molecule has 4 aromatic rings. The van der Waals surface area contributed by atoms with Gasteiger partial charge in [-0.25, -0.2) is 15.0 Å². The van der Waals surface area contributed by atoms with Crippen LogP contribution < -0.4 is 20.1 Å². The van der Waals surface area contributed by atoms with Crippen LogP contribution in [0.15, 0.2) is 55.7 Å². The van der Waals surface area contributed by atoms with Gasteiger partial charge >= 0.3 is 35.9 Å². The number of carbonyl (C=O) groups is 6. The topological polar surface area (TPSA) is 320 Å². The molecule has 1 unspecified atom stereocenters. The van der Waals surface area contributed by atoms with Gasteiger partial charge in [-0.05, 0) is 238 Å². The number of Topliss-reactive ketones (excluding diaryl/α,β-unsaturated/α-hetero) is 2. The van der Waals surface area contributed by atoms with E-state index in [-0.39, 0.29) is 140 Å².